The Balaban J connectivity index is 1.83. The van der Waals surface area contributed by atoms with E-state index < -0.39 is 47.9 Å². The number of rotatable bonds is 10. The molecule has 0 aliphatic heterocycles. The molecule has 0 saturated heterocycles. The second-order valence-electron chi connectivity index (χ2n) is 6.76. The zero-order valence-electron chi connectivity index (χ0n) is 17.9. The first kappa shape index (κ1) is 27.7. The number of benzene rings is 1. The predicted octanol–water partition coefficient (Wildman–Crippen LogP) is 0.928. The third-order valence-corrected chi connectivity index (χ3v) is 9.15. The van der Waals surface area contributed by atoms with Crippen LogP contribution in [0.2, 0.25) is 0 Å². The van der Waals surface area contributed by atoms with Crippen LogP contribution in [0, 0.1) is 0 Å². The van der Waals surface area contributed by atoms with Crippen molar-refractivity contribution in [1.82, 2.24) is 18.7 Å². The Labute approximate surface area is 200 Å². The van der Waals surface area contributed by atoms with Gasteiger partial charge in [0.05, 0.1) is 13.2 Å². The van der Waals surface area contributed by atoms with Crippen LogP contribution in [0.1, 0.15) is 0 Å². The topological polar surface area (TPSA) is 222 Å². The number of fused-ring (bicyclic) bond motifs is 1. The first-order chi connectivity index (χ1) is 16.1. The van der Waals surface area contributed by atoms with Gasteiger partial charge in [-0.2, -0.15) is 8.62 Å². The Morgan fingerprint density at radius 3 is 2.17 bits per heavy atom. The van der Waals surface area contributed by atoms with Crippen molar-refractivity contribution in [2.45, 2.75) is 16.6 Å². The maximum absolute atomic E-state index is 13.0. The molecule has 0 fully saturated rings. The first-order valence-corrected chi connectivity index (χ1v) is 14.6. The number of aromatic nitrogens is 4. The van der Waals surface area contributed by atoms with Gasteiger partial charge in [-0.3, -0.25) is 18.5 Å². The summed E-state index contributed by atoms with van der Waals surface area (Å²) >= 11 is 1.26. The molecule has 20 heteroatoms. The van der Waals surface area contributed by atoms with Gasteiger partial charge >= 0.3 is 29.2 Å². The Hall–Kier alpha value is -1.87. The number of nitrogens with zero attached hydrogens (tertiary/aromatic N) is 4. The third kappa shape index (κ3) is 6.88. The van der Waals surface area contributed by atoms with Crippen LogP contribution in [0.4, 0.5) is 0 Å². The van der Waals surface area contributed by atoms with E-state index in [4.69, 9.17) is 9.79 Å². The molecule has 3 aromatic rings. The average Bonchev–Trinajstić information content (AvgIpc) is 3.03. The number of hydrogen-bond donors (Lipinski definition) is 4. The Morgan fingerprint density at radius 2 is 1.57 bits per heavy atom. The maximum atomic E-state index is 13.0. The van der Waals surface area contributed by atoms with Crippen molar-refractivity contribution in [2.24, 2.45) is 14.1 Å². The van der Waals surface area contributed by atoms with Gasteiger partial charge < -0.3 is 24.1 Å². The fourth-order valence-corrected chi connectivity index (χ4v) is 6.73. The minimum absolute atomic E-state index is 0.0591. The molecule has 2 aromatic heterocycles. The van der Waals surface area contributed by atoms with Gasteiger partial charge in [0, 0.05) is 19.0 Å². The summed E-state index contributed by atoms with van der Waals surface area (Å²) in [5.74, 6) is 0. The maximum Gasteiger partial charge on any atom is 0.490 e. The summed E-state index contributed by atoms with van der Waals surface area (Å²) < 4.78 is 48.8. The van der Waals surface area contributed by atoms with Crippen LogP contribution in [0.15, 0.2) is 50.0 Å². The summed E-state index contributed by atoms with van der Waals surface area (Å²) in [6, 6.07) is 9.16. The van der Waals surface area contributed by atoms with E-state index in [-0.39, 0.29) is 11.2 Å². The Bertz CT molecular complexity index is 1510. The monoisotopic (exact) mass is 572 g/mol. The van der Waals surface area contributed by atoms with Gasteiger partial charge in [-0.05, 0) is 12.1 Å². The number of aryl methyl sites for hydroxylation is 2. The van der Waals surface area contributed by atoms with Crippen molar-refractivity contribution in [2.75, 3.05) is 6.61 Å². The molecule has 0 spiro atoms. The molecule has 0 aliphatic carbocycles. The summed E-state index contributed by atoms with van der Waals surface area (Å²) in [4.78, 5) is 66.7. The quantitative estimate of drug-likeness (QED) is 0.248. The van der Waals surface area contributed by atoms with E-state index in [0.29, 0.717) is 9.72 Å². The van der Waals surface area contributed by atoms with Gasteiger partial charge in [0.2, 0.25) is 0 Å². The molecule has 3 rings (SSSR count). The molecule has 0 amide bonds. The van der Waals surface area contributed by atoms with E-state index in [1.165, 1.54) is 23.4 Å². The lowest BCUT2D eigenvalue weighted by Crippen LogP contribution is -2.40. The van der Waals surface area contributed by atoms with Gasteiger partial charge in [0.1, 0.15) is 0 Å². The number of imidazole rings is 1. The van der Waals surface area contributed by atoms with Crippen molar-refractivity contribution < 1.29 is 46.4 Å². The van der Waals surface area contributed by atoms with Crippen LogP contribution in [-0.4, -0.2) is 44.9 Å². The molecule has 2 heterocycles. The van der Waals surface area contributed by atoms with Crippen LogP contribution < -0.4 is 11.2 Å². The van der Waals surface area contributed by atoms with Crippen LogP contribution in [0.3, 0.4) is 0 Å². The summed E-state index contributed by atoms with van der Waals surface area (Å²) in [5, 5.41) is 0.421. The SMILES string of the molecule is Cn1c(Sc2ccccc2)nc2c1c(=O)n(CCOP(=O)(O)OP(=O)(O)OP(=O)(O)O)c(=O)n2C. The lowest BCUT2D eigenvalue weighted by molar-refractivity contribution is 0.167. The highest BCUT2D eigenvalue weighted by Gasteiger charge is 2.40. The van der Waals surface area contributed by atoms with Crippen molar-refractivity contribution in [3.8, 4) is 0 Å². The van der Waals surface area contributed by atoms with Crippen LogP contribution in [0.25, 0.3) is 11.2 Å². The lowest BCUT2D eigenvalue weighted by Gasteiger charge is -2.16. The number of phosphoric acid groups is 3. The highest BCUT2D eigenvalue weighted by Crippen LogP contribution is 2.66. The molecule has 16 nitrogen and oxygen atoms in total. The van der Waals surface area contributed by atoms with Crippen LogP contribution in [-0.2, 0) is 47.5 Å². The van der Waals surface area contributed by atoms with Crippen molar-refractivity contribution >= 4 is 46.4 Å². The Kier molecular flexibility index (Phi) is 8.11. The van der Waals surface area contributed by atoms with Gasteiger partial charge in [0.15, 0.2) is 16.3 Å². The van der Waals surface area contributed by atoms with Gasteiger partial charge in [-0.15, -0.1) is 0 Å². The molecular weight excluding hydrogens is 553 g/mol. The molecule has 2 unspecified atom stereocenters. The molecule has 4 N–H and O–H groups in total. The van der Waals surface area contributed by atoms with E-state index in [0.717, 1.165) is 9.46 Å². The molecule has 0 radical (unpaired) electrons. The summed E-state index contributed by atoms with van der Waals surface area (Å²) in [6.45, 7) is -1.43. The molecule has 35 heavy (non-hydrogen) atoms. The fourth-order valence-electron chi connectivity index (χ4n) is 2.86. The standard InChI is InChI=1S/C15H19N4O12P3S/c1-17-11-12(16-14(17)35-10-6-4-3-5-7-10)18(2)15(21)19(13(11)20)8-9-29-33(25,26)31-34(27,28)30-32(22,23)24/h3-7H,8-9H2,1-2H3,(H,25,26)(H,27,28)(H2,22,23,24). The van der Waals surface area contributed by atoms with Crippen LogP contribution in [0.5, 0.6) is 0 Å². The fraction of sp³-hybridized carbons (Fsp3) is 0.267. The largest absolute Gasteiger partial charge is 0.490 e. The summed E-state index contributed by atoms with van der Waals surface area (Å²) in [7, 11) is -13.7. The van der Waals surface area contributed by atoms with Gasteiger partial charge in [-0.1, -0.05) is 30.0 Å². The number of hydrogen-bond acceptors (Lipinski definition) is 10. The zero-order chi connectivity index (χ0) is 26.2. The van der Waals surface area contributed by atoms with E-state index in [2.05, 4.69) is 18.1 Å². The second kappa shape index (κ2) is 10.2. The third-order valence-electron chi connectivity index (χ3n) is 4.26. The predicted molar refractivity (Wildman–Crippen MR) is 121 cm³/mol. The molecule has 2 atom stereocenters. The molecular formula is C15H19N4O12P3S. The van der Waals surface area contributed by atoms with Gasteiger partial charge in [0.25, 0.3) is 5.56 Å². The molecule has 1 aromatic carbocycles. The zero-order valence-corrected chi connectivity index (χ0v) is 21.4. The van der Waals surface area contributed by atoms with E-state index in [1.807, 2.05) is 30.3 Å². The normalized spacial score (nSPS) is 15.7. The molecule has 0 saturated carbocycles. The van der Waals surface area contributed by atoms with Crippen molar-refractivity contribution in [3.63, 3.8) is 0 Å². The van der Waals surface area contributed by atoms with Gasteiger partial charge in [-0.25, -0.2) is 23.5 Å². The van der Waals surface area contributed by atoms with E-state index >= 15 is 0 Å². The summed E-state index contributed by atoms with van der Waals surface area (Å²) in [6.07, 6.45) is 0. The van der Waals surface area contributed by atoms with Crippen molar-refractivity contribution in [3.05, 3.63) is 51.2 Å². The summed E-state index contributed by atoms with van der Waals surface area (Å²) in [5.41, 5.74) is -1.45. The van der Waals surface area contributed by atoms with E-state index in [1.54, 1.807) is 7.05 Å². The smallest absolute Gasteiger partial charge is 0.316 e. The molecule has 0 bridgehead atoms. The highest BCUT2D eigenvalue weighted by atomic mass is 32.2. The second-order valence-corrected chi connectivity index (χ2v) is 12.2. The first-order valence-electron chi connectivity index (χ1n) is 9.28. The molecule has 192 valence electrons. The lowest BCUT2D eigenvalue weighted by atomic mass is 10.4. The average molecular weight is 572 g/mol. The van der Waals surface area contributed by atoms with Crippen LogP contribution >= 0.6 is 35.2 Å². The minimum Gasteiger partial charge on any atom is -0.316 e. The van der Waals surface area contributed by atoms with E-state index in [9.17, 15) is 33.1 Å². The molecule has 0 aliphatic rings. The highest BCUT2D eigenvalue weighted by molar-refractivity contribution is 7.99. The van der Waals surface area contributed by atoms with Crippen molar-refractivity contribution in [1.29, 1.82) is 0 Å². The minimum atomic E-state index is -5.69. The number of phosphoric ester groups is 1. The Morgan fingerprint density at radius 1 is 0.943 bits per heavy atom.